The molecule has 0 saturated carbocycles. The molecule has 0 aromatic carbocycles. The lowest BCUT2D eigenvalue weighted by molar-refractivity contribution is 0.173. The molecule has 16 heavy (non-hydrogen) atoms. The highest BCUT2D eigenvalue weighted by Crippen LogP contribution is 2.24. The van der Waals surface area contributed by atoms with Crippen LogP contribution in [0.3, 0.4) is 0 Å². The van der Waals surface area contributed by atoms with Crippen LogP contribution in [0.2, 0.25) is 0 Å². The Hall–Kier alpha value is -0.900. The zero-order valence-electron chi connectivity index (χ0n) is 10.9. The van der Waals surface area contributed by atoms with Crippen LogP contribution in [0.25, 0.3) is 0 Å². The zero-order valence-corrected chi connectivity index (χ0v) is 10.9. The largest absolute Gasteiger partial charge is 0.385 e. The highest BCUT2D eigenvalue weighted by Gasteiger charge is 2.23. The minimum absolute atomic E-state index is 0.0421. The van der Waals surface area contributed by atoms with Crippen molar-refractivity contribution in [3.63, 3.8) is 0 Å². The summed E-state index contributed by atoms with van der Waals surface area (Å²) in [5.41, 5.74) is 1.10. The maximum Gasteiger partial charge on any atom is 0.0884 e. The maximum atomic E-state index is 5.12. The van der Waals surface area contributed by atoms with Gasteiger partial charge in [0.25, 0.3) is 0 Å². The standard InChI is InChI=1S/C12H23N3O/c1-5-6-8-15-10-11(13-14-15)12(2,3)7-9-16-4/h10H,5-9H2,1-4H3. The lowest BCUT2D eigenvalue weighted by Crippen LogP contribution is -2.20. The molecule has 1 rings (SSSR count). The molecule has 0 saturated heterocycles. The first-order valence-electron chi connectivity index (χ1n) is 5.99. The molecule has 4 heteroatoms. The van der Waals surface area contributed by atoms with E-state index in [1.807, 2.05) is 4.68 Å². The topological polar surface area (TPSA) is 39.9 Å². The van der Waals surface area contributed by atoms with E-state index in [9.17, 15) is 0 Å². The summed E-state index contributed by atoms with van der Waals surface area (Å²) in [5, 5.41) is 8.41. The molecule has 1 aromatic rings. The smallest absolute Gasteiger partial charge is 0.0884 e. The first kappa shape index (κ1) is 13.2. The van der Waals surface area contributed by atoms with Crippen molar-refractivity contribution in [2.45, 2.75) is 52.0 Å². The Bertz CT molecular complexity index is 307. The molecule has 0 spiro atoms. The molecule has 0 N–H and O–H groups in total. The Morgan fingerprint density at radius 2 is 2.19 bits per heavy atom. The van der Waals surface area contributed by atoms with Crippen LogP contribution in [0.15, 0.2) is 6.20 Å². The van der Waals surface area contributed by atoms with Crippen molar-refractivity contribution in [1.82, 2.24) is 15.0 Å². The molecule has 0 aliphatic rings. The summed E-state index contributed by atoms with van der Waals surface area (Å²) in [6.07, 6.45) is 5.37. The fraction of sp³-hybridized carbons (Fsp3) is 0.833. The molecular formula is C12H23N3O. The second-order valence-corrected chi connectivity index (χ2v) is 4.85. The molecule has 92 valence electrons. The molecule has 1 heterocycles. The van der Waals surface area contributed by atoms with Crippen LogP contribution in [0.5, 0.6) is 0 Å². The van der Waals surface area contributed by atoms with Crippen LogP contribution < -0.4 is 0 Å². The quantitative estimate of drug-likeness (QED) is 0.715. The Balaban J connectivity index is 2.61. The van der Waals surface area contributed by atoms with Gasteiger partial charge in [-0.25, -0.2) is 0 Å². The van der Waals surface area contributed by atoms with E-state index in [1.54, 1.807) is 7.11 Å². The van der Waals surface area contributed by atoms with Gasteiger partial charge in [0.05, 0.1) is 5.69 Å². The highest BCUT2D eigenvalue weighted by molar-refractivity contribution is 5.08. The summed E-state index contributed by atoms with van der Waals surface area (Å²) in [6, 6.07) is 0. The second kappa shape index (κ2) is 5.99. The van der Waals surface area contributed by atoms with E-state index < -0.39 is 0 Å². The van der Waals surface area contributed by atoms with Gasteiger partial charge in [0.2, 0.25) is 0 Å². The van der Waals surface area contributed by atoms with Crippen molar-refractivity contribution in [1.29, 1.82) is 0 Å². The summed E-state index contributed by atoms with van der Waals surface area (Å²) in [4.78, 5) is 0. The Morgan fingerprint density at radius 1 is 1.44 bits per heavy atom. The third-order valence-electron chi connectivity index (χ3n) is 2.90. The number of nitrogens with zero attached hydrogens (tertiary/aromatic N) is 3. The number of methoxy groups -OCH3 is 1. The minimum atomic E-state index is 0.0421. The number of aryl methyl sites for hydroxylation is 1. The van der Waals surface area contributed by atoms with Crippen LogP contribution in [0.1, 0.15) is 45.7 Å². The van der Waals surface area contributed by atoms with Crippen LogP contribution in [-0.4, -0.2) is 28.7 Å². The van der Waals surface area contributed by atoms with Gasteiger partial charge in [0.1, 0.15) is 0 Å². The van der Waals surface area contributed by atoms with E-state index >= 15 is 0 Å². The Kier molecular flexibility index (Phi) is 4.93. The Labute approximate surface area is 98.0 Å². The van der Waals surface area contributed by atoms with Gasteiger partial charge in [0.15, 0.2) is 0 Å². The summed E-state index contributed by atoms with van der Waals surface area (Å²) >= 11 is 0. The molecule has 0 bridgehead atoms. The van der Waals surface area contributed by atoms with E-state index in [0.717, 1.165) is 31.7 Å². The van der Waals surface area contributed by atoms with Gasteiger partial charge in [-0.05, 0) is 12.8 Å². The number of hydrogen-bond acceptors (Lipinski definition) is 3. The molecule has 0 aliphatic heterocycles. The monoisotopic (exact) mass is 225 g/mol. The molecule has 4 nitrogen and oxygen atoms in total. The molecule has 0 aliphatic carbocycles. The molecular weight excluding hydrogens is 202 g/mol. The predicted octanol–water partition coefficient (Wildman–Crippen LogP) is 2.39. The summed E-state index contributed by atoms with van der Waals surface area (Å²) in [5.74, 6) is 0. The fourth-order valence-corrected chi connectivity index (χ4v) is 1.52. The van der Waals surface area contributed by atoms with Crippen molar-refractivity contribution in [3.05, 3.63) is 11.9 Å². The van der Waals surface area contributed by atoms with Gasteiger partial charge in [-0.3, -0.25) is 4.68 Å². The van der Waals surface area contributed by atoms with Gasteiger partial charge < -0.3 is 4.74 Å². The lowest BCUT2D eigenvalue weighted by Gasteiger charge is -2.20. The summed E-state index contributed by atoms with van der Waals surface area (Å²) in [6.45, 7) is 8.26. The van der Waals surface area contributed by atoms with Crippen molar-refractivity contribution in [2.75, 3.05) is 13.7 Å². The van der Waals surface area contributed by atoms with E-state index in [-0.39, 0.29) is 5.41 Å². The number of aromatic nitrogens is 3. The average Bonchev–Trinajstić information content (AvgIpc) is 2.73. The van der Waals surface area contributed by atoms with E-state index in [4.69, 9.17) is 4.74 Å². The van der Waals surface area contributed by atoms with Crippen molar-refractivity contribution in [3.8, 4) is 0 Å². The van der Waals surface area contributed by atoms with Crippen LogP contribution in [-0.2, 0) is 16.7 Å². The molecule has 0 fully saturated rings. The maximum absolute atomic E-state index is 5.12. The van der Waals surface area contributed by atoms with Crippen molar-refractivity contribution >= 4 is 0 Å². The zero-order chi connectivity index (χ0) is 12.0. The van der Waals surface area contributed by atoms with Gasteiger partial charge >= 0.3 is 0 Å². The van der Waals surface area contributed by atoms with Gasteiger partial charge in [-0.1, -0.05) is 32.4 Å². The number of rotatable bonds is 7. The van der Waals surface area contributed by atoms with Crippen LogP contribution in [0, 0.1) is 0 Å². The molecule has 0 unspecified atom stereocenters. The van der Waals surface area contributed by atoms with Gasteiger partial charge in [-0.15, -0.1) is 5.10 Å². The fourth-order valence-electron chi connectivity index (χ4n) is 1.52. The number of unbranched alkanes of at least 4 members (excludes halogenated alkanes) is 1. The van der Waals surface area contributed by atoms with E-state index in [1.165, 1.54) is 6.42 Å². The third-order valence-corrected chi connectivity index (χ3v) is 2.90. The molecule has 1 aromatic heterocycles. The van der Waals surface area contributed by atoms with Crippen LogP contribution >= 0.6 is 0 Å². The Morgan fingerprint density at radius 3 is 2.81 bits per heavy atom. The van der Waals surface area contributed by atoms with Crippen molar-refractivity contribution in [2.24, 2.45) is 0 Å². The molecule has 0 atom stereocenters. The lowest BCUT2D eigenvalue weighted by atomic mass is 9.86. The van der Waals surface area contributed by atoms with E-state index in [0.29, 0.717) is 0 Å². The summed E-state index contributed by atoms with van der Waals surface area (Å²) in [7, 11) is 1.73. The van der Waals surface area contributed by atoms with Crippen molar-refractivity contribution < 1.29 is 4.74 Å². The number of hydrogen-bond donors (Lipinski definition) is 0. The molecule has 0 amide bonds. The minimum Gasteiger partial charge on any atom is -0.385 e. The van der Waals surface area contributed by atoms with Crippen LogP contribution in [0.4, 0.5) is 0 Å². The van der Waals surface area contributed by atoms with E-state index in [2.05, 4.69) is 37.3 Å². The number of ether oxygens (including phenoxy) is 1. The average molecular weight is 225 g/mol. The highest BCUT2D eigenvalue weighted by atomic mass is 16.5. The first-order valence-corrected chi connectivity index (χ1v) is 5.99. The SMILES string of the molecule is CCCCn1cc(C(C)(C)CCOC)nn1. The summed E-state index contributed by atoms with van der Waals surface area (Å²) < 4.78 is 7.05. The molecule has 0 radical (unpaired) electrons. The van der Waals surface area contributed by atoms with Gasteiger partial charge in [-0.2, -0.15) is 0 Å². The second-order valence-electron chi connectivity index (χ2n) is 4.85. The predicted molar refractivity (Wildman–Crippen MR) is 64.4 cm³/mol. The third kappa shape index (κ3) is 3.59. The normalized spacial score (nSPS) is 12.0. The van der Waals surface area contributed by atoms with Gasteiger partial charge in [0, 0.05) is 31.9 Å². The first-order chi connectivity index (χ1) is 7.60.